The number of nitrogens with one attached hydrogen (secondary N) is 1. The summed E-state index contributed by atoms with van der Waals surface area (Å²) in [6.45, 7) is 0.445. The van der Waals surface area contributed by atoms with Crippen molar-refractivity contribution < 1.29 is 9.50 Å². The molecule has 0 bridgehead atoms. The van der Waals surface area contributed by atoms with Crippen LogP contribution in [0.3, 0.4) is 0 Å². The van der Waals surface area contributed by atoms with Crippen molar-refractivity contribution in [3.8, 4) is 0 Å². The average Bonchev–Trinajstić information content (AvgIpc) is 3.05. The Hall–Kier alpha value is -0.650. The maximum absolute atomic E-state index is 13.3. The van der Waals surface area contributed by atoms with Crippen molar-refractivity contribution in [1.29, 1.82) is 0 Å². The van der Waals surface area contributed by atoms with Gasteiger partial charge in [0.25, 0.3) is 0 Å². The highest BCUT2D eigenvalue weighted by Gasteiger charge is 2.22. The van der Waals surface area contributed by atoms with Gasteiger partial charge in [-0.2, -0.15) is 0 Å². The molecule has 4 N–H and O–H groups in total. The van der Waals surface area contributed by atoms with Gasteiger partial charge in [0.1, 0.15) is 5.82 Å². The van der Waals surface area contributed by atoms with Crippen molar-refractivity contribution in [1.82, 2.24) is 5.32 Å². The Morgan fingerprint density at radius 3 is 2.81 bits per heavy atom. The van der Waals surface area contributed by atoms with E-state index in [0.717, 1.165) is 12.8 Å². The Balaban J connectivity index is 2.06. The van der Waals surface area contributed by atoms with Crippen LogP contribution in [-0.4, -0.2) is 17.7 Å². The summed E-state index contributed by atoms with van der Waals surface area (Å²) in [5, 5.41) is 13.0. The summed E-state index contributed by atoms with van der Waals surface area (Å²) in [6, 6.07) is 3.45. The SMILES string of the molecule is Nc1c(F)cc(C(O)CNC2CC2)cc1Br. The van der Waals surface area contributed by atoms with Crippen LogP contribution in [0.4, 0.5) is 10.1 Å². The van der Waals surface area contributed by atoms with Crippen LogP contribution in [0.25, 0.3) is 0 Å². The van der Waals surface area contributed by atoms with Gasteiger partial charge in [0.05, 0.1) is 11.8 Å². The third-order valence-electron chi connectivity index (χ3n) is 2.66. The van der Waals surface area contributed by atoms with E-state index in [1.165, 1.54) is 6.07 Å². The van der Waals surface area contributed by atoms with E-state index in [4.69, 9.17) is 5.73 Å². The number of rotatable bonds is 4. The van der Waals surface area contributed by atoms with Crippen LogP contribution >= 0.6 is 15.9 Å². The highest BCUT2D eigenvalue weighted by Crippen LogP contribution is 2.27. The predicted molar refractivity (Wildman–Crippen MR) is 64.5 cm³/mol. The number of nitrogens with two attached hydrogens (primary N) is 1. The second kappa shape index (κ2) is 4.69. The largest absolute Gasteiger partial charge is 0.395 e. The third-order valence-corrected chi connectivity index (χ3v) is 3.32. The van der Waals surface area contributed by atoms with E-state index in [-0.39, 0.29) is 5.69 Å². The molecule has 0 radical (unpaired) electrons. The molecule has 5 heteroatoms. The Morgan fingerprint density at radius 1 is 1.56 bits per heavy atom. The molecule has 16 heavy (non-hydrogen) atoms. The molecule has 0 aromatic heterocycles. The van der Waals surface area contributed by atoms with E-state index in [1.54, 1.807) is 6.07 Å². The normalized spacial score (nSPS) is 17.4. The maximum atomic E-state index is 13.3. The molecule has 1 aromatic carbocycles. The molecular weight excluding hydrogens is 275 g/mol. The number of aliphatic hydroxyl groups excluding tert-OH is 1. The van der Waals surface area contributed by atoms with Gasteiger partial charge >= 0.3 is 0 Å². The third kappa shape index (κ3) is 2.72. The summed E-state index contributed by atoms with van der Waals surface area (Å²) >= 11 is 3.16. The lowest BCUT2D eigenvalue weighted by molar-refractivity contribution is 0.174. The molecule has 1 fully saturated rings. The lowest BCUT2D eigenvalue weighted by Crippen LogP contribution is -2.23. The van der Waals surface area contributed by atoms with Crippen LogP contribution in [0.2, 0.25) is 0 Å². The van der Waals surface area contributed by atoms with Crippen molar-refractivity contribution in [2.45, 2.75) is 25.0 Å². The van der Waals surface area contributed by atoms with Gasteiger partial charge < -0.3 is 16.2 Å². The van der Waals surface area contributed by atoms with Gasteiger partial charge in [-0.3, -0.25) is 0 Å². The van der Waals surface area contributed by atoms with Gasteiger partial charge in [-0.1, -0.05) is 0 Å². The molecule has 0 saturated heterocycles. The first-order valence-electron chi connectivity index (χ1n) is 5.24. The van der Waals surface area contributed by atoms with Gasteiger partial charge in [-0.15, -0.1) is 0 Å². The van der Waals surface area contributed by atoms with Crippen LogP contribution in [-0.2, 0) is 0 Å². The average molecular weight is 289 g/mol. The smallest absolute Gasteiger partial charge is 0.147 e. The first-order valence-corrected chi connectivity index (χ1v) is 6.03. The monoisotopic (exact) mass is 288 g/mol. The van der Waals surface area contributed by atoms with Crippen LogP contribution < -0.4 is 11.1 Å². The first-order chi connectivity index (χ1) is 7.58. The van der Waals surface area contributed by atoms with Crippen molar-refractivity contribution in [2.24, 2.45) is 0 Å². The second-order valence-electron chi connectivity index (χ2n) is 4.10. The molecular formula is C11H14BrFN2O. The number of hydrogen-bond acceptors (Lipinski definition) is 3. The highest BCUT2D eigenvalue weighted by molar-refractivity contribution is 9.10. The quantitative estimate of drug-likeness (QED) is 0.743. The molecule has 1 saturated carbocycles. The molecule has 2 rings (SSSR count). The lowest BCUT2D eigenvalue weighted by atomic mass is 10.1. The van der Waals surface area contributed by atoms with E-state index in [9.17, 15) is 9.50 Å². The summed E-state index contributed by atoms with van der Waals surface area (Å²) in [4.78, 5) is 0. The lowest BCUT2D eigenvalue weighted by Gasteiger charge is -2.13. The molecule has 1 aliphatic carbocycles. The summed E-state index contributed by atoms with van der Waals surface area (Å²) in [5.41, 5.74) is 6.07. The zero-order valence-electron chi connectivity index (χ0n) is 8.71. The molecule has 1 aliphatic rings. The van der Waals surface area contributed by atoms with Crippen LogP contribution in [0.5, 0.6) is 0 Å². The van der Waals surface area contributed by atoms with Gasteiger partial charge in [0.2, 0.25) is 0 Å². The number of benzene rings is 1. The fraction of sp³-hybridized carbons (Fsp3) is 0.455. The molecule has 1 atom stereocenters. The van der Waals surface area contributed by atoms with Gasteiger partial charge in [0.15, 0.2) is 0 Å². The second-order valence-corrected chi connectivity index (χ2v) is 4.95. The molecule has 3 nitrogen and oxygen atoms in total. The number of hydrogen-bond donors (Lipinski definition) is 3. The standard InChI is InChI=1S/C11H14BrFN2O/c12-8-3-6(4-9(13)11(8)14)10(16)5-15-7-1-2-7/h3-4,7,10,15-16H,1-2,5,14H2. The highest BCUT2D eigenvalue weighted by atomic mass is 79.9. The number of nitrogen functional groups attached to an aromatic ring is 1. The Morgan fingerprint density at radius 2 is 2.25 bits per heavy atom. The fourth-order valence-corrected chi connectivity index (χ4v) is 1.93. The van der Waals surface area contributed by atoms with Crippen molar-refractivity contribution in [3.63, 3.8) is 0 Å². The number of aliphatic hydroxyl groups is 1. The van der Waals surface area contributed by atoms with Gasteiger partial charge in [-0.05, 0) is 46.5 Å². The predicted octanol–water partition coefficient (Wildman–Crippen LogP) is 1.96. The number of halogens is 2. The fourth-order valence-electron chi connectivity index (χ4n) is 1.48. The van der Waals surface area contributed by atoms with E-state index in [1.807, 2.05) is 0 Å². The Bertz CT molecular complexity index is 373. The van der Waals surface area contributed by atoms with Gasteiger partial charge in [-0.25, -0.2) is 4.39 Å². The molecule has 0 heterocycles. The molecule has 1 aromatic rings. The topological polar surface area (TPSA) is 58.3 Å². The molecule has 88 valence electrons. The molecule has 0 spiro atoms. The maximum Gasteiger partial charge on any atom is 0.147 e. The van der Waals surface area contributed by atoms with E-state index in [2.05, 4.69) is 21.2 Å². The van der Waals surface area contributed by atoms with E-state index < -0.39 is 11.9 Å². The summed E-state index contributed by atoms with van der Waals surface area (Å²) < 4.78 is 13.8. The minimum atomic E-state index is -0.702. The Labute approximate surface area is 102 Å². The molecule has 0 amide bonds. The minimum Gasteiger partial charge on any atom is -0.395 e. The minimum absolute atomic E-state index is 0.0751. The zero-order chi connectivity index (χ0) is 11.7. The molecule has 1 unspecified atom stereocenters. The summed E-state index contributed by atoms with van der Waals surface area (Å²) in [6.07, 6.45) is 1.62. The van der Waals surface area contributed by atoms with Gasteiger partial charge in [0, 0.05) is 17.1 Å². The van der Waals surface area contributed by atoms with Crippen molar-refractivity contribution in [2.75, 3.05) is 12.3 Å². The first kappa shape index (κ1) is 11.8. The van der Waals surface area contributed by atoms with Crippen LogP contribution in [0.15, 0.2) is 16.6 Å². The van der Waals surface area contributed by atoms with Crippen LogP contribution in [0.1, 0.15) is 24.5 Å². The van der Waals surface area contributed by atoms with Crippen LogP contribution in [0, 0.1) is 5.82 Å². The Kier molecular flexibility index (Phi) is 3.47. The molecule has 0 aliphatic heterocycles. The van der Waals surface area contributed by atoms with Crippen molar-refractivity contribution >= 4 is 21.6 Å². The van der Waals surface area contributed by atoms with Crippen molar-refractivity contribution in [3.05, 3.63) is 28.0 Å². The number of anilines is 1. The zero-order valence-corrected chi connectivity index (χ0v) is 10.3. The van der Waals surface area contributed by atoms with E-state index in [0.29, 0.717) is 22.6 Å². The summed E-state index contributed by atoms with van der Waals surface area (Å²) in [5.74, 6) is -0.505. The van der Waals surface area contributed by atoms with E-state index >= 15 is 0 Å². The summed E-state index contributed by atoms with van der Waals surface area (Å²) in [7, 11) is 0.